The van der Waals surface area contributed by atoms with Crippen LogP contribution in [0.4, 0.5) is 4.79 Å². The molecule has 0 saturated carbocycles. The molecule has 0 aliphatic carbocycles. The quantitative estimate of drug-likeness (QED) is 0.110. The summed E-state index contributed by atoms with van der Waals surface area (Å²) >= 11 is 0. The Morgan fingerprint density at radius 2 is 1.43 bits per heavy atom. The number of carbonyl (C=O) groups is 2. The first kappa shape index (κ1) is 40.0. The number of nitrogens with one attached hydrogen (secondary N) is 4. The summed E-state index contributed by atoms with van der Waals surface area (Å²) in [6, 6.07) is 20.3. The van der Waals surface area contributed by atoms with Gasteiger partial charge in [0.25, 0.3) is 0 Å². The van der Waals surface area contributed by atoms with E-state index in [0.29, 0.717) is 31.5 Å². The van der Waals surface area contributed by atoms with Gasteiger partial charge in [0.05, 0.1) is 55.6 Å². The molecule has 5 heterocycles. The molecule has 0 radical (unpaired) electrons. The summed E-state index contributed by atoms with van der Waals surface area (Å²) in [6.45, 7) is 5.74. The number of likely N-dealkylation sites (tertiary alicyclic amines) is 1. The van der Waals surface area contributed by atoms with E-state index in [0.717, 1.165) is 63.2 Å². The molecule has 12 nitrogen and oxygen atoms in total. The lowest BCUT2D eigenvalue weighted by atomic mass is 9.98. The molecule has 3 aliphatic rings. The maximum Gasteiger partial charge on any atom is 0.405 e. The van der Waals surface area contributed by atoms with Gasteiger partial charge in [-0.3, -0.25) is 4.79 Å². The maximum atomic E-state index is 13.7. The number of carboxylic acid groups (broad SMARTS) is 1. The van der Waals surface area contributed by atoms with Crippen LogP contribution in [-0.2, 0) is 14.3 Å². The lowest BCUT2D eigenvalue weighted by Gasteiger charge is -2.29. The molecule has 5 N–H and O–H groups in total. The minimum absolute atomic E-state index is 0. The SMILES string of the molecule is CC(C)[C@H](NC(=O)O)C(=O)N1CC2(C[C@H]1c1ncc(-c3ccc(-c4ccc5cc(-c6cnc([C@@H]7CCCN7)[nH]6)ccc5c4)cc3)[nH]1)OCCO2.Cl.Cl.Cl. The van der Waals surface area contributed by atoms with Gasteiger partial charge < -0.3 is 40.1 Å². The van der Waals surface area contributed by atoms with Crippen molar-refractivity contribution in [1.82, 2.24) is 35.5 Å². The Morgan fingerprint density at radius 1 is 0.849 bits per heavy atom. The molecule has 0 bridgehead atoms. The molecule has 0 unspecified atom stereocenters. The molecule has 3 fully saturated rings. The second-order valence-electron chi connectivity index (χ2n) is 13.8. The fraction of sp³-hybridized carbons (Fsp3) is 0.368. The first-order valence-corrected chi connectivity index (χ1v) is 17.3. The Morgan fingerprint density at radius 3 is 2.08 bits per heavy atom. The van der Waals surface area contributed by atoms with E-state index >= 15 is 0 Å². The van der Waals surface area contributed by atoms with Gasteiger partial charge in [0, 0.05) is 12.0 Å². The van der Waals surface area contributed by atoms with Crippen LogP contribution >= 0.6 is 37.2 Å². The lowest BCUT2D eigenvalue weighted by Crippen LogP contribution is -2.51. The van der Waals surface area contributed by atoms with Crippen LogP contribution in [0.1, 0.15) is 56.8 Å². The Balaban J connectivity index is 0.00000180. The maximum absolute atomic E-state index is 13.7. The standard InChI is InChI=1S/C38H41N7O5.3ClH/c1-22(2)33(44-37(47)48)36(46)45-21-38(49-14-15-50-38)18-32(45)35-41-19-30(43-35)24-7-5-23(6-8-24)25-9-10-27-17-28(12-11-26(27)16-25)31-20-40-34(42-31)29-4-3-13-39-29;;;/h5-12,16-17,19-20,22,29,32-33,39,44H,3-4,13-15,18,21H2,1-2H3,(H,40,42)(H,41,43)(H,47,48);3*1H/t29-,32-,33-;;;/m0.../s1. The zero-order chi connectivity index (χ0) is 34.4. The van der Waals surface area contributed by atoms with E-state index in [1.807, 2.05) is 20.0 Å². The monoisotopic (exact) mass is 783 g/mol. The number of aromatic amines is 2. The molecule has 8 rings (SSSR count). The largest absolute Gasteiger partial charge is 0.465 e. The molecule has 15 heteroatoms. The second-order valence-corrected chi connectivity index (χ2v) is 13.8. The number of nitrogens with zero attached hydrogens (tertiary/aromatic N) is 3. The zero-order valence-corrected chi connectivity index (χ0v) is 31.8. The van der Waals surface area contributed by atoms with Crippen LogP contribution < -0.4 is 10.6 Å². The molecule has 2 aromatic heterocycles. The topological polar surface area (TPSA) is 157 Å². The van der Waals surface area contributed by atoms with Gasteiger partial charge >= 0.3 is 6.09 Å². The Hall–Kier alpha value is -4.17. The highest BCUT2D eigenvalue weighted by Crippen LogP contribution is 2.43. The summed E-state index contributed by atoms with van der Waals surface area (Å²) in [7, 11) is 0. The molecule has 5 aromatic rings. The van der Waals surface area contributed by atoms with Gasteiger partial charge in [-0.2, -0.15) is 0 Å². The van der Waals surface area contributed by atoms with Crippen molar-refractivity contribution in [1.29, 1.82) is 0 Å². The van der Waals surface area contributed by atoms with E-state index in [1.54, 1.807) is 11.1 Å². The molecule has 3 atom stereocenters. The average molecular weight is 785 g/mol. The Bertz CT molecular complexity index is 2040. The van der Waals surface area contributed by atoms with Gasteiger partial charge in [-0.25, -0.2) is 14.8 Å². The van der Waals surface area contributed by atoms with E-state index in [1.165, 1.54) is 6.42 Å². The van der Waals surface area contributed by atoms with Crippen molar-refractivity contribution in [3.05, 3.63) is 84.7 Å². The third-order valence-corrected chi connectivity index (χ3v) is 10.2. The number of fused-ring (bicyclic) bond motifs is 1. The first-order chi connectivity index (χ1) is 24.2. The second kappa shape index (κ2) is 16.5. The summed E-state index contributed by atoms with van der Waals surface area (Å²) in [6.07, 6.45) is 5.14. The van der Waals surface area contributed by atoms with Crippen LogP contribution in [0, 0.1) is 5.92 Å². The zero-order valence-electron chi connectivity index (χ0n) is 29.3. The molecule has 53 heavy (non-hydrogen) atoms. The van der Waals surface area contributed by atoms with Gasteiger partial charge in [-0.05, 0) is 64.9 Å². The summed E-state index contributed by atoms with van der Waals surface area (Å²) in [4.78, 5) is 43.2. The molecule has 3 aromatic carbocycles. The highest BCUT2D eigenvalue weighted by Gasteiger charge is 2.52. The normalized spacial score (nSPS) is 19.5. The molecule has 3 aliphatic heterocycles. The molecule has 282 valence electrons. The van der Waals surface area contributed by atoms with Gasteiger partial charge in [-0.15, -0.1) is 37.2 Å². The number of hydrogen-bond donors (Lipinski definition) is 5. The van der Waals surface area contributed by atoms with Crippen molar-refractivity contribution in [3.63, 3.8) is 0 Å². The molecule has 3 saturated heterocycles. The van der Waals surface area contributed by atoms with Crippen molar-refractivity contribution < 1.29 is 24.2 Å². The number of H-pyrrole nitrogens is 2. The van der Waals surface area contributed by atoms with Crippen LogP contribution in [0.25, 0.3) is 44.4 Å². The number of imidazole rings is 2. The van der Waals surface area contributed by atoms with E-state index in [4.69, 9.17) is 9.47 Å². The predicted octanol–water partition coefficient (Wildman–Crippen LogP) is 7.29. The fourth-order valence-corrected chi connectivity index (χ4v) is 7.51. The summed E-state index contributed by atoms with van der Waals surface area (Å²) in [5.74, 6) is 0.0919. The highest BCUT2D eigenvalue weighted by atomic mass is 35.5. The number of hydrogen-bond acceptors (Lipinski definition) is 7. The summed E-state index contributed by atoms with van der Waals surface area (Å²) in [5, 5.41) is 17.6. The average Bonchev–Trinajstić information content (AvgIpc) is 3.97. The van der Waals surface area contributed by atoms with Gasteiger partial charge in [-0.1, -0.05) is 62.4 Å². The van der Waals surface area contributed by atoms with Crippen LogP contribution in [0.5, 0.6) is 0 Å². The predicted molar refractivity (Wildman–Crippen MR) is 210 cm³/mol. The first-order valence-electron chi connectivity index (χ1n) is 17.3. The van der Waals surface area contributed by atoms with Gasteiger partial charge in [0.15, 0.2) is 5.79 Å². The lowest BCUT2D eigenvalue weighted by molar-refractivity contribution is -0.153. The number of benzene rings is 3. The third-order valence-electron chi connectivity index (χ3n) is 10.2. The van der Waals surface area contributed by atoms with Crippen LogP contribution in [0.2, 0.25) is 0 Å². The summed E-state index contributed by atoms with van der Waals surface area (Å²) in [5.41, 5.74) is 6.13. The minimum Gasteiger partial charge on any atom is -0.465 e. The Kier molecular flexibility index (Phi) is 12.4. The van der Waals surface area contributed by atoms with Crippen molar-refractivity contribution in [2.45, 2.75) is 57.0 Å². The van der Waals surface area contributed by atoms with Crippen molar-refractivity contribution in [2.75, 3.05) is 26.3 Å². The number of amides is 2. The number of aromatic nitrogens is 4. The van der Waals surface area contributed by atoms with Crippen LogP contribution in [-0.4, -0.2) is 80.1 Å². The van der Waals surface area contributed by atoms with Crippen LogP contribution in [0.3, 0.4) is 0 Å². The van der Waals surface area contributed by atoms with Gasteiger partial charge in [0.2, 0.25) is 5.91 Å². The van der Waals surface area contributed by atoms with E-state index in [-0.39, 0.29) is 55.6 Å². The van der Waals surface area contributed by atoms with Gasteiger partial charge in [0.1, 0.15) is 17.7 Å². The third kappa shape index (κ3) is 8.03. The van der Waals surface area contributed by atoms with Crippen molar-refractivity contribution in [2.24, 2.45) is 5.92 Å². The van der Waals surface area contributed by atoms with Crippen molar-refractivity contribution >= 4 is 60.0 Å². The molecular weight excluding hydrogens is 741 g/mol. The number of carbonyl (C=O) groups excluding carboxylic acids is 1. The number of ether oxygens (including phenoxy) is 2. The van der Waals surface area contributed by atoms with E-state index < -0.39 is 24.0 Å². The molecule has 2 amide bonds. The molecular formula is C38H44Cl3N7O5. The Labute approximate surface area is 326 Å². The van der Waals surface area contributed by atoms with E-state index in [9.17, 15) is 14.7 Å². The number of halogens is 3. The number of rotatable bonds is 8. The summed E-state index contributed by atoms with van der Waals surface area (Å²) < 4.78 is 11.9. The smallest absolute Gasteiger partial charge is 0.405 e. The highest BCUT2D eigenvalue weighted by molar-refractivity contribution is 5.91. The minimum atomic E-state index is -1.24. The fourth-order valence-electron chi connectivity index (χ4n) is 7.51. The molecule has 1 spiro atoms. The van der Waals surface area contributed by atoms with Crippen molar-refractivity contribution in [3.8, 4) is 33.6 Å². The van der Waals surface area contributed by atoms with Crippen LogP contribution in [0.15, 0.2) is 73.1 Å². The van der Waals surface area contributed by atoms with E-state index in [2.05, 4.69) is 91.2 Å².